The summed E-state index contributed by atoms with van der Waals surface area (Å²) in [6, 6.07) is 24.4. The van der Waals surface area contributed by atoms with Gasteiger partial charge < -0.3 is 15.8 Å². The van der Waals surface area contributed by atoms with Crippen LogP contribution >= 0.6 is 11.6 Å². The molecule has 3 aromatic carbocycles. The zero-order valence-corrected chi connectivity index (χ0v) is 26.1. The first-order valence-electron chi connectivity index (χ1n) is 14.2. The Morgan fingerprint density at radius 2 is 1.69 bits per heavy atom. The van der Waals surface area contributed by atoms with Crippen molar-refractivity contribution in [3.05, 3.63) is 107 Å². The van der Waals surface area contributed by atoms with Gasteiger partial charge in [-0.15, -0.1) is 0 Å². The van der Waals surface area contributed by atoms with Crippen LogP contribution in [-0.2, 0) is 16.6 Å². The van der Waals surface area contributed by atoms with Gasteiger partial charge >= 0.3 is 6.03 Å². The number of benzene rings is 3. The van der Waals surface area contributed by atoms with Crippen LogP contribution in [0.4, 0.5) is 21.9 Å². The maximum Gasteiger partial charge on any atom is 0.326 e. The van der Waals surface area contributed by atoms with Crippen LogP contribution in [0.5, 0.6) is 11.6 Å². The number of amides is 3. The minimum Gasteiger partial charge on any atom is -0.438 e. The molecule has 45 heavy (non-hydrogen) atoms. The number of carbonyl (C=O) groups excluding carboxylic acids is 2. The summed E-state index contributed by atoms with van der Waals surface area (Å²) >= 11 is 6.01. The zero-order chi connectivity index (χ0) is 32.0. The van der Waals surface area contributed by atoms with Gasteiger partial charge in [-0.1, -0.05) is 35.9 Å². The van der Waals surface area contributed by atoms with Crippen LogP contribution in [0.25, 0.3) is 0 Å². The van der Waals surface area contributed by atoms with Crippen molar-refractivity contribution in [1.29, 1.82) is 0 Å². The lowest BCUT2D eigenvalue weighted by atomic mass is 10.0. The summed E-state index contributed by atoms with van der Waals surface area (Å²) in [5, 5.41) is 3.60. The molecule has 5 rings (SSSR count). The quantitative estimate of drug-likeness (QED) is 0.200. The molecule has 4 N–H and O–H groups in total. The van der Waals surface area contributed by atoms with Gasteiger partial charge in [0, 0.05) is 60.0 Å². The van der Waals surface area contributed by atoms with E-state index in [2.05, 4.69) is 19.9 Å². The predicted octanol–water partition coefficient (Wildman–Crippen LogP) is 5.70. The number of hydrogen-bond acceptors (Lipinski definition) is 7. The fraction of sp³-hybridized carbons (Fsp3) is 0.219. The summed E-state index contributed by atoms with van der Waals surface area (Å²) in [6.07, 6.45) is 4.30. The number of pyridine rings is 1. The molecule has 1 aliphatic heterocycles. The lowest BCUT2D eigenvalue weighted by Crippen LogP contribution is -2.49. The number of carbonyl (C=O) groups is 2. The van der Waals surface area contributed by atoms with Gasteiger partial charge in [-0.05, 0) is 73.0 Å². The second-order valence-electron chi connectivity index (χ2n) is 10.7. The number of halogens is 1. The second kappa shape index (κ2) is 14.0. The molecule has 1 aromatic heterocycles. The minimum absolute atomic E-state index is 0.0170. The average molecular weight is 649 g/mol. The van der Waals surface area contributed by atoms with Crippen molar-refractivity contribution in [2.45, 2.75) is 25.4 Å². The molecule has 1 saturated heterocycles. The molecule has 13 heteroatoms. The van der Waals surface area contributed by atoms with E-state index in [1.807, 2.05) is 41.3 Å². The van der Waals surface area contributed by atoms with Gasteiger partial charge in [-0.2, -0.15) is 0 Å². The van der Waals surface area contributed by atoms with E-state index in [1.54, 1.807) is 36.5 Å². The zero-order valence-electron chi connectivity index (χ0n) is 24.5. The number of anilines is 3. The summed E-state index contributed by atoms with van der Waals surface area (Å²) in [5.41, 5.74) is 8.19. The number of nitrogens with two attached hydrogens (primary N) is 1. The third kappa shape index (κ3) is 8.72. The number of primary amides is 1. The number of ether oxygens (including phenoxy) is 1. The highest BCUT2D eigenvalue weighted by Gasteiger charge is 2.29. The van der Waals surface area contributed by atoms with Crippen LogP contribution in [0.1, 0.15) is 28.8 Å². The van der Waals surface area contributed by atoms with E-state index >= 15 is 0 Å². The minimum atomic E-state index is -3.53. The molecule has 0 atom stereocenters. The van der Waals surface area contributed by atoms with Crippen molar-refractivity contribution >= 4 is 50.6 Å². The third-order valence-electron chi connectivity index (χ3n) is 7.24. The molecule has 234 valence electrons. The van der Waals surface area contributed by atoms with E-state index in [9.17, 15) is 18.0 Å². The number of nitrogens with one attached hydrogen (secondary N) is 2. The van der Waals surface area contributed by atoms with Crippen molar-refractivity contribution in [2.24, 2.45) is 5.73 Å². The Balaban J connectivity index is 1.20. The van der Waals surface area contributed by atoms with Crippen molar-refractivity contribution in [2.75, 3.05) is 34.3 Å². The van der Waals surface area contributed by atoms with Crippen molar-refractivity contribution < 1.29 is 22.7 Å². The standard InChI is InChI=1S/C32H33ClN6O5S/c1-45(42,43)37-25-12-13-29(28(19-25)31(34)40)44-30-14-7-22(20-35-30)21-38-17-15-27(16-18-38)39(26-5-3-2-4-6-26)32(41)36-24-10-8-23(33)9-11-24/h2-14,19-20,27,37H,15-18,21H2,1H3,(H2,34,40)(H,36,41). The Hall–Kier alpha value is -4.65. The SMILES string of the molecule is CS(=O)(=O)Nc1ccc(Oc2ccc(CN3CCC(N(C(=O)Nc4ccc(Cl)cc4)c4ccccc4)CC3)cn2)c(C(N)=O)c1. The monoisotopic (exact) mass is 648 g/mol. The lowest BCUT2D eigenvalue weighted by Gasteiger charge is -2.38. The molecule has 0 radical (unpaired) electrons. The number of sulfonamides is 1. The highest BCUT2D eigenvalue weighted by atomic mass is 35.5. The van der Waals surface area contributed by atoms with Crippen LogP contribution in [0.15, 0.2) is 91.1 Å². The molecule has 1 fully saturated rings. The number of aromatic nitrogens is 1. The molecule has 0 spiro atoms. The Morgan fingerprint density at radius 1 is 1.00 bits per heavy atom. The molecule has 3 amide bonds. The normalized spacial score (nSPS) is 14.0. The van der Waals surface area contributed by atoms with E-state index in [4.69, 9.17) is 22.1 Å². The maximum atomic E-state index is 13.5. The summed E-state index contributed by atoms with van der Waals surface area (Å²) in [7, 11) is -3.53. The lowest BCUT2D eigenvalue weighted by molar-refractivity contribution is 0.0998. The first-order chi connectivity index (χ1) is 21.5. The Morgan fingerprint density at radius 3 is 2.31 bits per heavy atom. The number of likely N-dealkylation sites (tertiary alicyclic amines) is 1. The van der Waals surface area contributed by atoms with Gasteiger partial charge in [0.05, 0.1) is 11.8 Å². The summed E-state index contributed by atoms with van der Waals surface area (Å²) in [6.45, 7) is 2.24. The van der Waals surface area contributed by atoms with Crippen LogP contribution < -0.4 is 25.4 Å². The fourth-order valence-corrected chi connectivity index (χ4v) is 5.84. The predicted molar refractivity (Wildman–Crippen MR) is 175 cm³/mol. The van der Waals surface area contributed by atoms with Crippen LogP contribution in [-0.4, -0.2) is 55.6 Å². The van der Waals surface area contributed by atoms with Crippen LogP contribution in [0.3, 0.4) is 0 Å². The van der Waals surface area contributed by atoms with E-state index in [0.717, 1.165) is 43.4 Å². The van der Waals surface area contributed by atoms with Crippen molar-refractivity contribution in [1.82, 2.24) is 9.88 Å². The third-order valence-corrected chi connectivity index (χ3v) is 8.10. The van der Waals surface area contributed by atoms with Crippen LogP contribution in [0.2, 0.25) is 5.02 Å². The van der Waals surface area contributed by atoms with Crippen LogP contribution in [0, 0.1) is 0 Å². The van der Waals surface area contributed by atoms with Crippen molar-refractivity contribution in [3.63, 3.8) is 0 Å². The Labute approximate surface area is 267 Å². The number of hydrogen-bond donors (Lipinski definition) is 3. The smallest absolute Gasteiger partial charge is 0.326 e. The molecule has 0 unspecified atom stereocenters. The summed E-state index contributed by atoms with van der Waals surface area (Å²) in [4.78, 5) is 34.0. The molecule has 0 saturated carbocycles. The highest BCUT2D eigenvalue weighted by Crippen LogP contribution is 2.29. The highest BCUT2D eigenvalue weighted by molar-refractivity contribution is 7.92. The summed E-state index contributed by atoms with van der Waals surface area (Å²) in [5.74, 6) is -0.351. The maximum absolute atomic E-state index is 13.5. The fourth-order valence-electron chi connectivity index (χ4n) is 5.16. The van der Waals surface area contributed by atoms with E-state index in [1.165, 1.54) is 18.2 Å². The first-order valence-corrected chi connectivity index (χ1v) is 16.5. The van der Waals surface area contributed by atoms with Crippen molar-refractivity contribution in [3.8, 4) is 11.6 Å². The van der Waals surface area contributed by atoms with Gasteiger partial charge in [0.25, 0.3) is 5.91 Å². The van der Waals surface area contributed by atoms with Gasteiger partial charge in [0.15, 0.2) is 0 Å². The molecular weight excluding hydrogens is 616 g/mol. The molecule has 2 heterocycles. The van der Waals surface area contributed by atoms with E-state index in [-0.39, 0.29) is 35.0 Å². The van der Waals surface area contributed by atoms with Gasteiger partial charge in [-0.3, -0.25) is 19.3 Å². The Bertz CT molecular complexity index is 1750. The first kappa shape index (κ1) is 31.8. The molecular formula is C32H33ClN6O5S. The molecule has 0 aliphatic carbocycles. The summed E-state index contributed by atoms with van der Waals surface area (Å²) < 4.78 is 31.2. The van der Waals surface area contributed by atoms with Gasteiger partial charge in [0.1, 0.15) is 5.75 Å². The largest absolute Gasteiger partial charge is 0.438 e. The van der Waals surface area contributed by atoms with E-state index < -0.39 is 15.9 Å². The van der Waals surface area contributed by atoms with Gasteiger partial charge in [-0.25, -0.2) is 18.2 Å². The topological polar surface area (TPSA) is 147 Å². The molecule has 1 aliphatic rings. The van der Waals surface area contributed by atoms with E-state index in [0.29, 0.717) is 17.3 Å². The number of piperidine rings is 1. The number of nitrogens with zero attached hydrogens (tertiary/aromatic N) is 3. The van der Waals surface area contributed by atoms with Gasteiger partial charge in [0.2, 0.25) is 15.9 Å². The molecule has 4 aromatic rings. The Kier molecular flexibility index (Phi) is 9.87. The number of para-hydroxylation sites is 1. The number of urea groups is 1. The molecule has 11 nitrogen and oxygen atoms in total. The number of rotatable bonds is 10. The molecule has 0 bridgehead atoms. The average Bonchev–Trinajstić information content (AvgIpc) is 3.01. The second-order valence-corrected chi connectivity index (χ2v) is 12.9.